The number of rotatable bonds is 8. The first-order chi connectivity index (χ1) is 12.5. The van der Waals surface area contributed by atoms with E-state index >= 15 is 0 Å². The van der Waals surface area contributed by atoms with E-state index in [-0.39, 0.29) is 29.4 Å². The molecule has 2 aromatic carbocycles. The van der Waals surface area contributed by atoms with Crippen LogP contribution in [-0.4, -0.2) is 33.9 Å². The standard InChI is InChI=1S/C18H18F2O6/c1-22-14-6-4-5-12(16(14)24-3)17(21)25-10-11-7-8-13(26-18(19)20)15(9-11)23-2/h4-9,18H,10H2,1-3H3. The van der Waals surface area contributed by atoms with Gasteiger partial charge in [-0.15, -0.1) is 0 Å². The van der Waals surface area contributed by atoms with E-state index in [0.29, 0.717) is 11.3 Å². The summed E-state index contributed by atoms with van der Waals surface area (Å²) >= 11 is 0. The third kappa shape index (κ3) is 4.53. The van der Waals surface area contributed by atoms with Crippen LogP contribution in [0, 0.1) is 0 Å². The molecule has 0 N–H and O–H groups in total. The van der Waals surface area contributed by atoms with Gasteiger partial charge in [-0.2, -0.15) is 8.78 Å². The number of hydrogen-bond acceptors (Lipinski definition) is 6. The summed E-state index contributed by atoms with van der Waals surface area (Å²) in [6.45, 7) is -3.06. The van der Waals surface area contributed by atoms with Crippen molar-refractivity contribution < 1.29 is 37.3 Å². The molecule has 0 fully saturated rings. The van der Waals surface area contributed by atoms with E-state index in [0.717, 1.165) is 0 Å². The zero-order valence-electron chi connectivity index (χ0n) is 14.5. The number of methoxy groups -OCH3 is 3. The zero-order valence-corrected chi connectivity index (χ0v) is 14.5. The second-order valence-corrected chi connectivity index (χ2v) is 4.98. The van der Waals surface area contributed by atoms with Gasteiger partial charge >= 0.3 is 12.6 Å². The van der Waals surface area contributed by atoms with Crippen LogP contribution in [-0.2, 0) is 11.3 Å². The lowest BCUT2D eigenvalue weighted by atomic mass is 10.2. The van der Waals surface area contributed by atoms with Crippen molar-refractivity contribution in [2.24, 2.45) is 0 Å². The van der Waals surface area contributed by atoms with Crippen molar-refractivity contribution in [3.63, 3.8) is 0 Å². The third-order valence-electron chi connectivity index (χ3n) is 3.44. The lowest BCUT2D eigenvalue weighted by Gasteiger charge is -2.13. The van der Waals surface area contributed by atoms with Crippen LogP contribution >= 0.6 is 0 Å². The number of halogens is 2. The SMILES string of the molecule is COc1cc(COC(=O)c2cccc(OC)c2OC)ccc1OC(F)F. The Hall–Kier alpha value is -3.03. The van der Waals surface area contributed by atoms with Crippen LogP contribution in [0.2, 0.25) is 0 Å². The second-order valence-electron chi connectivity index (χ2n) is 4.98. The number of carbonyl (C=O) groups excluding carboxylic acids is 1. The van der Waals surface area contributed by atoms with Crippen molar-refractivity contribution in [1.82, 2.24) is 0 Å². The molecule has 0 aliphatic rings. The van der Waals surface area contributed by atoms with Crippen LogP contribution in [0.4, 0.5) is 8.78 Å². The zero-order chi connectivity index (χ0) is 19.1. The molecular formula is C18H18F2O6. The van der Waals surface area contributed by atoms with Crippen LogP contribution in [0.15, 0.2) is 36.4 Å². The molecule has 0 aliphatic carbocycles. The molecule has 140 valence electrons. The van der Waals surface area contributed by atoms with E-state index in [9.17, 15) is 13.6 Å². The van der Waals surface area contributed by atoms with E-state index in [2.05, 4.69) is 4.74 Å². The van der Waals surface area contributed by atoms with Gasteiger partial charge in [0.05, 0.1) is 21.3 Å². The first-order valence-electron chi connectivity index (χ1n) is 7.50. The Morgan fingerprint density at radius 2 is 1.69 bits per heavy atom. The van der Waals surface area contributed by atoms with Crippen LogP contribution in [0.3, 0.4) is 0 Å². The van der Waals surface area contributed by atoms with Gasteiger partial charge in [0.2, 0.25) is 0 Å². The summed E-state index contributed by atoms with van der Waals surface area (Å²) in [5, 5.41) is 0. The molecule has 0 radical (unpaired) electrons. The smallest absolute Gasteiger partial charge is 0.387 e. The minimum atomic E-state index is -2.96. The van der Waals surface area contributed by atoms with Crippen LogP contribution in [0.1, 0.15) is 15.9 Å². The average molecular weight is 368 g/mol. The summed E-state index contributed by atoms with van der Waals surface area (Å²) < 4.78 is 49.6. The Kier molecular flexibility index (Phi) is 6.60. The van der Waals surface area contributed by atoms with E-state index < -0.39 is 12.6 Å². The minimum Gasteiger partial charge on any atom is -0.493 e. The lowest BCUT2D eigenvalue weighted by Crippen LogP contribution is -2.08. The molecule has 0 amide bonds. The maximum atomic E-state index is 12.3. The number of para-hydroxylation sites is 1. The fraction of sp³-hybridized carbons (Fsp3) is 0.278. The maximum Gasteiger partial charge on any atom is 0.387 e. The largest absolute Gasteiger partial charge is 0.493 e. The van der Waals surface area contributed by atoms with Crippen LogP contribution in [0.5, 0.6) is 23.0 Å². The summed E-state index contributed by atoms with van der Waals surface area (Å²) in [4.78, 5) is 12.3. The van der Waals surface area contributed by atoms with E-state index in [1.807, 2.05) is 0 Å². The first kappa shape index (κ1) is 19.3. The average Bonchev–Trinajstić information content (AvgIpc) is 2.65. The molecule has 26 heavy (non-hydrogen) atoms. The Morgan fingerprint density at radius 1 is 0.962 bits per heavy atom. The molecule has 0 atom stereocenters. The molecular weight excluding hydrogens is 350 g/mol. The highest BCUT2D eigenvalue weighted by Gasteiger charge is 2.18. The highest BCUT2D eigenvalue weighted by molar-refractivity contribution is 5.93. The summed E-state index contributed by atoms with van der Waals surface area (Å²) in [6, 6.07) is 9.11. The van der Waals surface area contributed by atoms with E-state index in [4.69, 9.17) is 18.9 Å². The molecule has 2 rings (SSSR count). The van der Waals surface area contributed by atoms with Crippen LogP contribution in [0.25, 0.3) is 0 Å². The number of alkyl halides is 2. The number of benzene rings is 2. The maximum absolute atomic E-state index is 12.3. The van der Waals surface area contributed by atoms with Crippen molar-refractivity contribution in [2.75, 3.05) is 21.3 Å². The van der Waals surface area contributed by atoms with Gasteiger partial charge < -0.3 is 23.7 Å². The molecule has 0 saturated carbocycles. The van der Waals surface area contributed by atoms with Crippen molar-refractivity contribution in [3.05, 3.63) is 47.5 Å². The molecule has 0 spiro atoms. The summed E-state index contributed by atoms with van der Waals surface area (Å²) in [6.07, 6.45) is 0. The highest BCUT2D eigenvalue weighted by Crippen LogP contribution is 2.32. The molecule has 0 heterocycles. The van der Waals surface area contributed by atoms with Crippen LogP contribution < -0.4 is 18.9 Å². The van der Waals surface area contributed by atoms with Gasteiger partial charge in [0.1, 0.15) is 12.2 Å². The fourth-order valence-corrected chi connectivity index (χ4v) is 2.27. The molecule has 8 heteroatoms. The molecule has 2 aromatic rings. The Balaban J connectivity index is 2.13. The quantitative estimate of drug-likeness (QED) is 0.663. The Morgan fingerprint density at radius 3 is 2.31 bits per heavy atom. The van der Waals surface area contributed by atoms with Crippen molar-refractivity contribution in [1.29, 1.82) is 0 Å². The van der Waals surface area contributed by atoms with Gasteiger partial charge in [0, 0.05) is 0 Å². The lowest BCUT2D eigenvalue weighted by molar-refractivity contribution is -0.0512. The van der Waals surface area contributed by atoms with Crippen molar-refractivity contribution >= 4 is 5.97 Å². The number of hydrogen-bond donors (Lipinski definition) is 0. The molecule has 0 saturated heterocycles. The molecule has 0 aromatic heterocycles. The van der Waals surface area contributed by atoms with Gasteiger partial charge in [0.15, 0.2) is 23.0 Å². The summed E-state index contributed by atoms with van der Waals surface area (Å²) in [5.74, 6) is 0.0489. The third-order valence-corrected chi connectivity index (χ3v) is 3.44. The van der Waals surface area contributed by atoms with Gasteiger partial charge in [-0.05, 0) is 29.8 Å². The predicted octanol–water partition coefficient (Wildman–Crippen LogP) is 3.67. The van der Waals surface area contributed by atoms with E-state index in [1.54, 1.807) is 18.2 Å². The van der Waals surface area contributed by atoms with Gasteiger partial charge in [0.25, 0.3) is 0 Å². The number of esters is 1. The molecule has 0 unspecified atom stereocenters. The summed E-state index contributed by atoms with van der Waals surface area (Å²) in [5.41, 5.74) is 0.746. The normalized spacial score (nSPS) is 10.4. The Bertz CT molecular complexity index is 763. The number of ether oxygens (including phenoxy) is 5. The van der Waals surface area contributed by atoms with Crippen molar-refractivity contribution in [3.8, 4) is 23.0 Å². The molecule has 6 nitrogen and oxygen atoms in total. The molecule has 0 aliphatic heterocycles. The van der Waals surface area contributed by atoms with Gasteiger partial charge in [-0.1, -0.05) is 12.1 Å². The summed E-state index contributed by atoms with van der Waals surface area (Å²) in [7, 11) is 4.20. The molecule has 0 bridgehead atoms. The first-order valence-corrected chi connectivity index (χ1v) is 7.50. The van der Waals surface area contributed by atoms with Gasteiger partial charge in [-0.3, -0.25) is 0 Å². The Labute approximate surface area is 149 Å². The predicted molar refractivity (Wildman–Crippen MR) is 88.3 cm³/mol. The minimum absolute atomic E-state index is 0.0927. The van der Waals surface area contributed by atoms with Gasteiger partial charge in [-0.25, -0.2) is 4.79 Å². The fourth-order valence-electron chi connectivity index (χ4n) is 2.27. The second kappa shape index (κ2) is 8.89. The topological polar surface area (TPSA) is 63.2 Å². The number of carbonyl (C=O) groups is 1. The monoisotopic (exact) mass is 368 g/mol. The van der Waals surface area contributed by atoms with Crippen molar-refractivity contribution in [2.45, 2.75) is 13.2 Å². The van der Waals surface area contributed by atoms with E-state index in [1.165, 1.54) is 39.5 Å². The highest BCUT2D eigenvalue weighted by atomic mass is 19.3.